The molecule has 0 radical (unpaired) electrons. The lowest BCUT2D eigenvalue weighted by molar-refractivity contribution is 0.503. The molecule has 0 aliphatic rings. The molecule has 1 heterocycles. The summed E-state index contributed by atoms with van der Waals surface area (Å²) in [5.41, 5.74) is 0.0651. The molecule has 3 nitrogen and oxygen atoms in total. The molecule has 0 amide bonds. The van der Waals surface area contributed by atoms with Gasteiger partial charge in [0.15, 0.2) is 5.75 Å². The van der Waals surface area contributed by atoms with Crippen molar-refractivity contribution < 1.29 is 9.15 Å². The highest BCUT2D eigenvalue weighted by atomic mass is 16.5. The quantitative estimate of drug-likeness (QED) is 0.541. The van der Waals surface area contributed by atoms with Crippen LogP contribution >= 0.6 is 0 Å². The molecule has 0 N–H and O–H groups in total. The molecule has 16 heavy (non-hydrogen) atoms. The monoisotopic (exact) mass is 214 g/mol. The van der Waals surface area contributed by atoms with Crippen LogP contribution in [0.25, 0.3) is 11.0 Å². The molecule has 0 saturated carbocycles. The minimum absolute atomic E-state index is 0.438. The average Bonchev–Trinajstić information content (AvgIpc) is 2.29. The van der Waals surface area contributed by atoms with Crippen LogP contribution in [0.1, 0.15) is 13.3 Å². The number of para-hydroxylation sites is 1. The van der Waals surface area contributed by atoms with Crippen LogP contribution in [-0.2, 0) is 0 Å². The first-order chi connectivity index (χ1) is 7.81. The Morgan fingerprint density at radius 2 is 2.19 bits per heavy atom. The molecule has 1 aromatic heterocycles. The molecule has 0 saturated heterocycles. The first-order valence-electron chi connectivity index (χ1n) is 4.99. The molecule has 2 aromatic rings. The lowest BCUT2D eigenvalue weighted by atomic mass is 10.2. The molecule has 0 unspecified atom stereocenters. The first-order valence-corrected chi connectivity index (χ1v) is 4.99. The second-order valence-electron chi connectivity index (χ2n) is 3.16. The fraction of sp³-hybridized carbons (Fsp3) is 0.154. The Kier molecular flexibility index (Phi) is 2.93. The van der Waals surface area contributed by atoms with Gasteiger partial charge in [-0.3, -0.25) is 0 Å². The van der Waals surface area contributed by atoms with Gasteiger partial charge in [-0.15, -0.1) is 0 Å². The SMILES string of the molecule is CCC#COc1cc(=O)oc2ccccc12. The lowest BCUT2D eigenvalue weighted by Gasteiger charge is -2.00. The number of benzene rings is 1. The smallest absolute Gasteiger partial charge is 0.340 e. The van der Waals surface area contributed by atoms with Gasteiger partial charge in [-0.2, -0.15) is 0 Å². The van der Waals surface area contributed by atoms with Crippen molar-refractivity contribution >= 4 is 11.0 Å². The molecule has 0 atom stereocenters. The summed E-state index contributed by atoms with van der Waals surface area (Å²) in [5, 5.41) is 0.743. The van der Waals surface area contributed by atoms with Crippen molar-refractivity contribution in [2.24, 2.45) is 0 Å². The van der Waals surface area contributed by atoms with Gasteiger partial charge in [0.05, 0.1) is 11.5 Å². The van der Waals surface area contributed by atoms with Gasteiger partial charge in [-0.1, -0.05) is 25.0 Å². The molecule has 2 rings (SSSR count). The third-order valence-electron chi connectivity index (χ3n) is 2.02. The lowest BCUT2D eigenvalue weighted by Crippen LogP contribution is -1.98. The van der Waals surface area contributed by atoms with E-state index in [1.165, 1.54) is 6.07 Å². The summed E-state index contributed by atoms with van der Waals surface area (Å²) in [7, 11) is 0. The van der Waals surface area contributed by atoms with Crippen molar-refractivity contribution in [3.8, 4) is 17.8 Å². The highest BCUT2D eigenvalue weighted by Crippen LogP contribution is 2.22. The van der Waals surface area contributed by atoms with E-state index in [1.807, 2.05) is 19.1 Å². The Hall–Kier alpha value is -2.21. The second kappa shape index (κ2) is 4.54. The van der Waals surface area contributed by atoms with E-state index in [0.29, 0.717) is 17.8 Å². The van der Waals surface area contributed by atoms with Gasteiger partial charge in [0.2, 0.25) is 0 Å². The highest BCUT2D eigenvalue weighted by molar-refractivity contribution is 5.83. The Balaban J connectivity index is 2.54. The van der Waals surface area contributed by atoms with Gasteiger partial charge in [-0.25, -0.2) is 4.79 Å². The molecule has 0 fully saturated rings. The summed E-state index contributed by atoms with van der Waals surface area (Å²) in [6.07, 6.45) is 3.25. The normalized spacial score (nSPS) is 9.56. The van der Waals surface area contributed by atoms with E-state index in [-0.39, 0.29) is 0 Å². The molecule has 0 bridgehead atoms. The molecule has 0 spiro atoms. The Labute approximate surface area is 92.7 Å². The number of fused-ring (bicyclic) bond motifs is 1. The Morgan fingerprint density at radius 3 is 3.00 bits per heavy atom. The minimum atomic E-state index is -0.438. The molecule has 0 aliphatic carbocycles. The van der Waals surface area contributed by atoms with E-state index in [4.69, 9.17) is 9.15 Å². The molecular formula is C13H10O3. The summed E-state index contributed by atoms with van der Waals surface area (Å²) < 4.78 is 10.2. The van der Waals surface area contributed by atoms with Crippen molar-refractivity contribution in [1.29, 1.82) is 0 Å². The number of rotatable bonds is 1. The Morgan fingerprint density at radius 1 is 1.38 bits per heavy atom. The van der Waals surface area contributed by atoms with Crippen LogP contribution in [0.3, 0.4) is 0 Å². The van der Waals surface area contributed by atoms with Crippen molar-refractivity contribution in [2.45, 2.75) is 13.3 Å². The summed E-state index contributed by atoms with van der Waals surface area (Å²) in [4.78, 5) is 11.2. The van der Waals surface area contributed by atoms with Gasteiger partial charge < -0.3 is 9.15 Å². The van der Waals surface area contributed by atoms with E-state index < -0.39 is 5.63 Å². The summed E-state index contributed by atoms with van der Waals surface area (Å²) in [6, 6.07) is 8.49. The minimum Gasteiger partial charge on any atom is -0.422 e. The van der Waals surface area contributed by atoms with Crippen molar-refractivity contribution in [3.05, 3.63) is 40.8 Å². The fourth-order valence-electron chi connectivity index (χ4n) is 1.33. The third-order valence-corrected chi connectivity index (χ3v) is 2.02. The standard InChI is InChI=1S/C13H10O3/c1-2-3-8-15-12-9-13(14)16-11-7-5-4-6-10(11)12/h4-7,9H,2H2,1H3. The maximum atomic E-state index is 11.2. The van der Waals surface area contributed by atoms with Gasteiger partial charge in [0.1, 0.15) is 11.7 Å². The topological polar surface area (TPSA) is 39.4 Å². The van der Waals surface area contributed by atoms with E-state index in [0.717, 1.165) is 5.39 Å². The van der Waals surface area contributed by atoms with Crippen LogP contribution in [0.15, 0.2) is 39.5 Å². The summed E-state index contributed by atoms with van der Waals surface area (Å²) in [5.74, 6) is 3.21. The number of hydrogen-bond acceptors (Lipinski definition) is 3. The molecule has 3 heteroatoms. The molecule has 1 aromatic carbocycles. The van der Waals surface area contributed by atoms with Crippen LogP contribution in [0, 0.1) is 12.0 Å². The van der Waals surface area contributed by atoms with Gasteiger partial charge in [0, 0.05) is 6.42 Å². The predicted molar refractivity (Wildman–Crippen MR) is 61.2 cm³/mol. The van der Waals surface area contributed by atoms with Crippen LogP contribution < -0.4 is 10.4 Å². The second-order valence-corrected chi connectivity index (χ2v) is 3.16. The molecular weight excluding hydrogens is 204 g/mol. The highest BCUT2D eigenvalue weighted by Gasteiger charge is 2.04. The van der Waals surface area contributed by atoms with E-state index >= 15 is 0 Å². The van der Waals surface area contributed by atoms with Gasteiger partial charge in [0.25, 0.3) is 0 Å². The van der Waals surface area contributed by atoms with Crippen molar-refractivity contribution in [3.63, 3.8) is 0 Å². The maximum Gasteiger partial charge on any atom is 0.340 e. The summed E-state index contributed by atoms with van der Waals surface area (Å²) in [6.45, 7) is 1.92. The predicted octanol–water partition coefficient (Wildman–Crippen LogP) is 2.54. The largest absolute Gasteiger partial charge is 0.422 e. The first kappa shape index (κ1) is 10.3. The molecule has 80 valence electrons. The van der Waals surface area contributed by atoms with Gasteiger partial charge >= 0.3 is 5.63 Å². The number of ether oxygens (including phenoxy) is 1. The third kappa shape index (κ3) is 2.06. The Bertz CT molecular complexity index is 614. The van der Waals surface area contributed by atoms with Crippen LogP contribution in [0.5, 0.6) is 5.75 Å². The van der Waals surface area contributed by atoms with Crippen LogP contribution in [-0.4, -0.2) is 0 Å². The van der Waals surface area contributed by atoms with E-state index in [2.05, 4.69) is 12.0 Å². The molecule has 0 aliphatic heterocycles. The van der Waals surface area contributed by atoms with E-state index in [1.54, 1.807) is 12.1 Å². The van der Waals surface area contributed by atoms with Crippen LogP contribution in [0.2, 0.25) is 0 Å². The zero-order valence-corrected chi connectivity index (χ0v) is 8.82. The zero-order chi connectivity index (χ0) is 11.4. The van der Waals surface area contributed by atoms with Crippen molar-refractivity contribution in [2.75, 3.05) is 0 Å². The summed E-state index contributed by atoms with van der Waals surface area (Å²) >= 11 is 0. The van der Waals surface area contributed by atoms with Crippen LogP contribution in [0.4, 0.5) is 0 Å². The van der Waals surface area contributed by atoms with Crippen molar-refractivity contribution in [1.82, 2.24) is 0 Å². The fourth-order valence-corrected chi connectivity index (χ4v) is 1.33. The average molecular weight is 214 g/mol. The van der Waals surface area contributed by atoms with Gasteiger partial charge in [-0.05, 0) is 12.1 Å². The maximum absolute atomic E-state index is 11.2. The zero-order valence-electron chi connectivity index (χ0n) is 8.82. The number of hydrogen-bond donors (Lipinski definition) is 0. The van der Waals surface area contributed by atoms with E-state index in [9.17, 15) is 4.79 Å².